The van der Waals surface area contributed by atoms with Crippen molar-refractivity contribution < 1.29 is 27.7 Å². The standard InChI is InChI=1S/C9H12N2O5S.C2H6O2/c10-17(14,15)16-7-3-5-8-4-1-2-6-9(8)11(12)13;1-2(3)4/h1-2,4,6H,3,5,7H2,(H2,10,14,15);2-4H,1H3. The van der Waals surface area contributed by atoms with Gasteiger partial charge in [-0.15, -0.1) is 0 Å². The highest BCUT2D eigenvalue weighted by molar-refractivity contribution is 7.84. The summed E-state index contributed by atoms with van der Waals surface area (Å²) in [6, 6.07) is 6.27. The maximum Gasteiger partial charge on any atom is 0.333 e. The topological polar surface area (TPSA) is 153 Å². The zero-order valence-corrected chi connectivity index (χ0v) is 12.2. The summed E-state index contributed by atoms with van der Waals surface area (Å²) in [5.74, 6) is 0. The molecule has 0 unspecified atom stereocenters. The van der Waals surface area contributed by atoms with Crippen LogP contribution in [0.4, 0.5) is 5.69 Å². The van der Waals surface area contributed by atoms with E-state index >= 15 is 0 Å². The van der Waals surface area contributed by atoms with Gasteiger partial charge in [-0.05, 0) is 19.8 Å². The Hall–Kier alpha value is -1.59. The van der Waals surface area contributed by atoms with Gasteiger partial charge in [-0.1, -0.05) is 18.2 Å². The maximum atomic E-state index is 10.7. The number of nitro benzene ring substituents is 1. The molecule has 0 fully saturated rings. The summed E-state index contributed by atoms with van der Waals surface area (Å²) in [7, 11) is -3.94. The summed E-state index contributed by atoms with van der Waals surface area (Å²) in [5.41, 5.74) is 0.554. The van der Waals surface area contributed by atoms with Gasteiger partial charge in [0.15, 0.2) is 0 Å². The molecule has 4 N–H and O–H groups in total. The van der Waals surface area contributed by atoms with E-state index in [1.807, 2.05) is 0 Å². The average Bonchev–Trinajstić information content (AvgIpc) is 2.33. The number of rotatable bonds is 6. The third-order valence-corrected chi connectivity index (χ3v) is 2.52. The Labute approximate surface area is 122 Å². The van der Waals surface area contributed by atoms with Crippen LogP contribution in [-0.4, -0.2) is 36.5 Å². The highest BCUT2D eigenvalue weighted by Gasteiger charge is 2.11. The fourth-order valence-corrected chi connectivity index (χ4v) is 1.69. The third kappa shape index (κ3) is 10.8. The molecule has 10 heteroatoms. The molecule has 0 amide bonds. The van der Waals surface area contributed by atoms with Crippen LogP contribution in [0.15, 0.2) is 24.3 Å². The van der Waals surface area contributed by atoms with E-state index in [9.17, 15) is 18.5 Å². The molecule has 0 saturated carbocycles. The zero-order valence-electron chi connectivity index (χ0n) is 11.4. The summed E-state index contributed by atoms with van der Waals surface area (Å²) in [6.45, 7) is 1.19. The number of hydrogen-bond acceptors (Lipinski definition) is 7. The van der Waals surface area contributed by atoms with E-state index in [-0.39, 0.29) is 12.3 Å². The fourth-order valence-electron chi connectivity index (χ4n) is 1.34. The number of aliphatic hydroxyl groups is 2. The van der Waals surface area contributed by atoms with Crippen LogP contribution in [0.2, 0.25) is 0 Å². The molecular weight excluding hydrogens is 304 g/mol. The minimum atomic E-state index is -3.94. The van der Waals surface area contributed by atoms with Crippen molar-refractivity contribution in [2.75, 3.05) is 6.61 Å². The number of para-hydroxylation sites is 1. The van der Waals surface area contributed by atoms with Gasteiger partial charge < -0.3 is 10.2 Å². The van der Waals surface area contributed by atoms with Gasteiger partial charge in [-0.3, -0.25) is 14.3 Å². The van der Waals surface area contributed by atoms with Gasteiger partial charge in [0.1, 0.15) is 6.29 Å². The molecule has 0 heterocycles. The second kappa shape index (κ2) is 9.37. The largest absolute Gasteiger partial charge is 0.368 e. The number of aliphatic hydroxyl groups excluding tert-OH is 1. The van der Waals surface area contributed by atoms with Crippen LogP contribution in [0, 0.1) is 10.1 Å². The van der Waals surface area contributed by atoms with Crippen LogP contribution in [0.1, 0.15) is 18.9 Å². The lowest BCUT2D eigenvalue weighted by Crippen LogP contribution is -2.16. The number of nitrogens with two attached hydrogens (primary N) is 1. The van der Waals surface area contributed by atoms with Crippen LogP contribution in [0.5, 0.6) is 0 Å². The number of aryl methyl sites for hydroxylation is 1. The molecule has 0 aromatic heterocycles. The molecule has 1 rings (SSSR count). The van der Waals surface area contributed by atoms with Crippen molar-refractivity contribution in [2.24, 2.45) is 5.14 Å². The van der Waals surface area contributed by atoms with Crippen molar-refractivity contribution in [1.29, 1.82) is 0 Å². The number of nitro groups is 1. The first-order valence-corrected chi connectivity index (χ1v) is 7.36. The lowest BCUT2D eigenvalue weighted by molar-refractivity contribution is -0.385. The second-order valence-electron chi connectivity index (χ2n) is 3.94. The van der Waals surface area contributed by atoms with Gasteiger partial charge >= 0.3 is 10.3 Å². The van der Waals surface area contributed by atoms with Crippen molar-refractivity contribution in [2.45, 2.75) is 26.1 Å². The highest BCUT2D eigenvalue weighted by atomic mass is 32.2. The van der Waals surface area contributed by atoms with Gasteiger partial charge in [-0.25, -0.2) is 5.14 Å². The average molecular weight is 322 g/mol. The smallest absolute Gasteiger partial charge is 0.333 e. The zero-order chi connectivity index (χ0) is 16.5. The molecule has 21 heavy (non-hydrogen) atoms. The molecule has 120 valence electrons. The van der Waals surface area contributed by atoms with Crippen molar-refractivity contribution >= 4 is 16.0 Å². The number of nitrogens with zero attached hydrogens (tertiary/aromatic N) is 1. The molecule has 0 bridgehead atoms. The van der Waals surface area contributed by atoms with Crippen LogP contribution in [0.3, 0.4) is 0 Å². The van der Waals surface area contributed by atoms with Crippen molar-refractivity contribution in [3.05, 3.63) is 39.9 Å². The van der Waals surface area contributed by atoms with Gasteiger partial charge in [-0.2, -0.15) is 8.42 Å². The highest BCUT2D eigenvalue weighted by Crippen LogP contribution is 2.18. The van der Waals surface area contributed by atoms with Gasteiger partial charge in [0.25, 0.3) is 5.69 Å². The first-order chi connectivity index (χ1) is 9.63. The minimum Gasteiger partial charge on any atom is -0.368 e. The van der Waals surface area contributed by atoms with Crippen LogP contribution in [0.25, 0.3) is 0 Å². The van der Waals surface area contributed by atoms with E-state index in [0.29, 0.717) is 18.4 Å². The Bertz CT molecular complexity index is 543. The molecule has 0 saturated heterocycles. The maximum absolute atomic E-state index is 10.7. The molecular formula is C11H18N2O7S. The fraction of sp³-hybridized carbons (Fsp3) is 0.455. The van der Waals surface area contributed by atoms with Gasteiger partial charge in [0.05, 0.1) is 11.5 Å². The molecule has 1 aromatic carbocycles. The normalized spacial score (nSPS) is 10.9. The van der Waals surface area contributed by atoms with E-state index in [1.54, 1.807) is 18.2 Å². The van der Waals surface area contributed by atoms with Gasteiger partial charge in [0, 0.05) is 11.6 Å². The molecule has 0 atom stereocenters. The third-order valence-electron chi connectivity index (χ3n) is 2.03. The lowest BCUT2D eigenvalue weighted by atomic mass is 10.1. The number of benzene rings is 1. The van der Waals surface area contributed by atoms with Crippen molar-refractivity contribution in [3.63, 3.8) is 0 Å². The quantitative estimate of drug-likeness (QED) is 0.290. The van der Waals surface area contributed by atoms with E-state index in [4.69, 9.17) is 10.2 Å². The van der Waals surface area contributed by atoms with E-state index < -0.39 is 21.5 Å². The Balaban J connectivity index is 0.000000885. The molecule has 9 nitrogen and oxygen atoms in total. The molecule has 0 aliphatic rings. The summed E-state index contributed by atoms with van der Waals surface area (Å²) < 4.78 is 25.3. The van der Waals surface area contributed by atoms with Crippen molar-refractivity contribution in [1.82, 2.24) is 0 Å². The van der Waals surface area contributed by atoms with E-state index in [2.05, 4.69) is 9.32 Å². The van der Waals surface area contributed by atoms with Crippen LogP contribution in [-0.2, 0) is 20.9 Å². The summed E-state index contributed by atoms with van der Waals surface area (Å²) in [6.07, 6.45) is -0.478. The summed E-state index contributed by atoms with van der Waals surface area (Å²) >= 11 is 0. The van der Waals surface area contributed by atoms with E-state index in [0.717, 1.165) is 0 Å². The second-order valence-corrected chi connectivity index (χ2v) is 5.16. The molecule has 0 aliphatic heterocycles. The molecule has 0 spiro atoms. The molecule has 0 radical (unpaired) electrons. The monoisotopic (exact) mass is 322 g/mol. The van der Waals surface area contributed by atoms with E-state index in [1.165, 1.54) is 13.0 Å². The first-order valence-electron chi connectivity index (χ1n) is 5.89. The summed E-state index contributed by atoms with van der Waals surface area (Å²) in [4.78, 5) is 10.2. The predicted molar refractivity (Wildman–Crippen MR) is 74.4 cm³/mol. The Kier molecular flexibility index (Phi) is 8.66. The van der Waals surface area contributed by atoms with Crippen LogP contribution >= 0.6 is 0 Å². The van der Waals surface area contributed by atoms with Crippen LogP contribution < -0.4 is 5.14 Å². The molecule has 0 aliphatic carbocycles. The Morgan fingerprint density at radius 3 is 2.38 bits per heavy atom. The number of hydrogen-bond donors (Lipinski definition) is 3. The first kappa shape index (κ1) is 19.4. The SMILES string of the molecule is CC(O)O.NS(=O)(=O)OCCCc1ccccc1[N+](=O)[O-]. The lowest BCUT2D eigenvalue weighted by Gasteiger charge is -2.02. The summed E-state index contributed by atoms with van der Waals surface area (Å²) in [5, 5.41) is 30.5. The van der Waals surface area contributed by atoms with Gasteiger partial charge in [0.2, 0.25) is 0 Å². The predicted octanol–water partition coefficient (Wildman–Crippen LogP) is 0.0645. The minimum absolute atomic E-state index is 0.0168. The van der Waals surface area contributed by atoms with Crippen molar-refractivity contribution in [3.8, 4) is 0 Å². The Morgan fingerprint density at radius 1 is 1.38 bits per heavy atom. The Morgan fingerprint density at radius 2 is 1.90 bits per heavy atom. The molecule has 1 aromatic rings.